The first-order valence-electron chi connectivity index (χ1n) is 4.34. The fourth-order valence-corrected chi connectivity index (χ4v) is 1.26. The number of likely N-dealkylation sites (N-methyl/N-ethyl adjacent to an activating group) is 1. The molecule has 0 aliphatic carbocycles. The van der Waals surface area contributed by atoms with Gasteiger partial charge in [0.2, 0.25) is 5.28 Å². The highest BCUT2D eigenvalue weighted by Gasteiger charge is 2.07. The standard InChI is InChI=1S/C9H14ClN3O/c1-7-6-11-9(10)12-8(7)13(2)4-5-14-3/h6H,4-5H2,1-3H3. The van der Waals surface area contributed by atoms with Crippen molar-refractivity contribution in [1.29, 1.82) is 0 Å². The first-order chi connectivity index (χ1) is 6.65. The molecule has 0 radical (unpaired) electrons. The molecule has 14 heavy (non-hydrogen) atoms. The Morgan fingerprint density at radius 2 is 2.29 bits per heavy atom. The van der Waals surface area contributed by atoms with E-state index in [1.165, 1.54) is 0 Å². The van der Waals surface area contributed by atoms with E-state index in [1.54, 1.807) is 13.3 Å². The van der Waals surface area contributed by atoms with Crippen molar-refractivity contribution in [2.24, 2.45) is 0 Å². The van der Waals surface area contributed by atoms with Crippen molar-refractivity contribution in [2.45, 2.75) is 6.92 Å². The molecule has 0 aliphatic heterocycles. The topological polar surface area (TPSA) is 38.2 Å². The number of nitrogens with zero attached hydrogens (tertiary/aromatic N) is 3. The summed E-state index contributed by atoms with van der Waals surface area (Å²) in [6.45, 7) is 3.40. The number of rotatable bonds is 4. The van der Waals surface area contributed by atoms with Crippen molar-refractivity contribution in [3.63, 3.8) is 0 Å². The van der Waals surface area contributed by atoms with Crippen LogP contribution >= 0.6 is 11.6 Å². The minimum absolute atomic E-state index is 0.273. The molecule has 0 spiro atoms. The predicted molar refractivity (Wildman–Crippen MR) is 56.9 cm³/mol. The van der Waals surface area contributed by atoms with E-state index in [2.05, 4.69) is 9.97 Å². The van der Waals surface area contributed by atoms with Crippen LogP contribution in [0.3, 0.4) is 0 Å². The Hall–Kier alpha value is -0.870. The predicted octanol–water partition coefficient (Wildman–Crippen LogP) is 1.52. The molecular formula is C9H14ClN3O. The molecular weight excluding hydrogens is 202 g/mol. The average molecular weight is 216 g/mol. The molecule has 0 N–H and O–H groups in total. The normalized spacial score (nSPS) is 10.3. The fraction of sp³-hybridized carbons (Fsp3) is 0.556. The summed E-state index contributed by atoms with van der Waals surface area (Å²) in [5.41, 5.74) is 1.01. The average Bonchev–Trinajstić information content (AvgIpc) is 2.18. The maximum absolute atomic E-state index is 5.71. The molecule has 5 heteroatoms. The molecule has 1 aromatic heterocycles. The Labute approximate surface area is 88.9 Å². The molecule has 1 aromatic rings. The van der Waals surface area contributed by atoms with Gasteiger partial charge in [-0.3, -0.25) is 0 Å². The van der Waals surface area contributed by atoms with Gasteiger partial charge in [-0.05, 0) is 18.5 Å². The molecule has 1 rings (SSSR count). The third-order valence-corrected chi connectivity index (χ3v) is 2.09. The van der Waals surface area contributed by atoms with E-state index in [4.69, 9.17) is 16.3 Å². The van der Waals surface area contributed by atoms with Crippen molar-refractivity contribution in [3.8, 4) is 0 Å². The van der Waals surface area contributed by atoms with Crippen LogP contribution in [-0.2, 0) is 4.74 Å². The third kappa shape index (κ3) is 2.82. The number of hydrogen-bond donors (Lipinski definition) is 0. The van der Waals surface area contributed by atoms with Crippen LogP contribution < -0.4 is 4.90 Å². The highest BCUT2D eigenvalue weighted by Crippen LogP contribution is 2.16. The molecule has 0 unspecified atom stereocenters. The van der Waals surface area contributed by atoms with Gasteiger partial charge in [-0.15, -0.1) is 0 Å². The van der Waals surface area contributed by atoms with Gasteiger partial charge in [0.25, 0.3) is 0 Å². The lowest BCUT2D eigenvalue weighted by molar-refractivity contribution is 0.206. The zero-order valence-electron chi connectivity index (χ0n) is 8.62. The summed E-state index contributed by atoms with van der Waals surface area (Å²) < 4.78 is 4.99. The third-order valence-electron chi connectivity index (χ3n) is 1.91. The van der Waals surface area contributed by atoms with Crippen molar-refractivity contribution >= 4 is 17.4 Å². The van der Waals surface area contributed by atoms with Gasteiger partial charge in [0, 0.05) is 32.5 Å². The molecule has 0 aliphatic rings. The summed E-state index contributed by atoms with van der Waals surface area (Å²) in [4.78, 5) is 10.0. The largest absolute Gasteiger partial charge is 0.383 e. The number of methoxy groups -OCH3 is 1. The summed E-state index contributed by atoms with van der Waals surface area (Å²) in [5, 5.41) is 0.273. The Morgan fingerprint density at radius 3 is 2.93 bits per heavy atom. The van der Waals surface area contributed by atoms with Crippen LogP contribution in [0.5, 0.6) is 0 Å². The molecule has 0 saturated heterocycles. The number of aryl methyl sites for hydroxylation is 1. The second-order valence-electron chi connectivity index (χ2n) is 3.06. The lowest BCUT2D eigenvalue weighted by atomic mass is 10.3. The summed E-state index contributed by atoms with van der Waals surface area (Å²) >= 11 is 5.71. The van der Waals surface area contributed by atoms with Crippen LogP contribution in [0.25, 0.3) is 0 Å². The van der Waals surface area contributed by atoms with Crippen molar-refractivity contribution in [1.82, 2.24) is 9.97 Å². The van der Waals surface area contributed by atoms with Crippen molar-refractivity contribution in [3.05, 3.63) is 17.0 Å². The van der Waals surface area contributed by atoms with Gasteiger partial charge in [0.15, 0.2) is 0 Å². The minimum atomic E-state index is 0.273. The van der Waals surface area contributed by atoms with E-state index in [1.807, 2.05) is 18.9 Å². The van der Waals surface area contributed by atoms with Crippen molar-refractivity contribution < 1.29 is 4.74 Å². The monoisotopic (exact) mass is 215 g/mol. The quantitative estimate of drug-likeness (QED) is 0.714. The summed E-state index contributed by atoms with van der Waals surface area (Å²) in [5.74, 6) is 0.849. The van der Waals surface area contributed by atoms with E-state index in [0.717, 1.165) is 17.9 Å². The molecule has 0 aromatic carbocycles. The maximum atomic E-state index is 5.71. The molecule has 0 fully saturated rings. The SMILES string of the molecule is COCCN(C)c1nc(Cl)ncc1C. The number of ether oxygens (including phenoxy) is 1. The van der Waals surface area contributed by atoms with Crippen LogP contribution in [0.1, 0.15) is 5.56 Å². The van der Waals surface area contributed by atoms with E-state index >= 15 is 0 Å². The van der Waals surface area contributed by atoms with Gasteiger partial charge in [-0.1, -0.05) is 0 Å². The highest BCUT2D eigenvalue weighted by molar-refractivity contribution is 6.28. The Balaban J connectivity index is 2.77. The summed E-state index contributed by atoms with van der Waals surface area (Å²) in [6.07, 6.45) is 1.72. The lowest BCUT2D eigenvalue weighted by Crippen LogP contribution is -2.24. The van der Waals surface area contributed by atoms with Crippen LogP contribution in [0.2, 0.25) is 5.28 Å². The van der Waals surface area contributed by atoms with Gasteiger partial charge in [0.1, 0.15) is 5.82 Å². The van der Waals surface area contributed by atoms with Crippen LogP contribution in [0.15, 0.2) is 6.20 Å². The zero-order valence-corrected chi connectivity index (χ0v) is 9.38. The van der Waals surface area contributed by atoms with E-state index in [0.29, 0.717) is 6.61 Å². The minimum Gasteiger partial charge on any atom is -0.383 e. The summed E-state index contributed by atoms with van der Waals surface area (Å²) in [7, 11) is 3.62. The Kier molecular flexibility index (Phi) is 4.10. The van der Waals surface area contributed by atoms with Gasteiger partial charge in [0.05, 0.1) is 6.61 Å². The fourth-order valence-electron chi connectivity index (χ4n) is 1.13. The van der Waals surface area contributed by atoms with Gasteiger partial charge < -0.3 is 9.64 Å². The summed E-state index contributed by atoms with van der Waals surface area (Å²) in [6, 6.07) is 0. The number of anilines is 1. The maximum Gasteiger partial charge on any atom is 0.224 e. The number of hydrogen-bond acceptors (Lipinski definition) is 4. The zero-order chi connectivity index (χ0) is 10.6. The van der Waals surface area contributed by atoms with Gasteiger partial charge in [-0.25, -0.2) is 9.97 Å². The van der Waals surface area contributed by atoms with E-state index < -0.39 is 0 Å². The number of aromatic nitrogens is 2. The first-order valence-corrected chi connectivity index (χ1v) is 4.72. The van der Waals surface area contributed by atoms with Crippen LogP contribution in [-0.4, -0.2) is 37.3 Å². The molecule has 4 nitrogen and oxygen atoms in total. The molecule has 78 valence electrons. The molecule has 1 heterocycles. The smallest absolute Gasteiger partial charge is 0.224 e. The first kappa shape index (κ1) is 11.2. The molecule has 0 amide bonds. The van der Waals surface area contributed by atoms with E-state index in [9.17, 15) is 0 Å². The van der Waals surface area contributed by atoms with E-state index in [-0.39, 0.29) is 5.28 Å². The van der Waals surface area contributed by atoms with Gasteiger partial charge in [-0.2, -0.15) is 0 Å². The van der Waals surface area contributed by atoms with Crippen LogP contribution in [0.4, 0.5) is 5.82 Å². The van der Waals surface area contributed by atoms with Crippen molar-refractivity contribution in [2.75, 3.05) is 32.2 Å². The number of halogens is 1. The second kappa shape index (κ2) is 5.12. The molecule has 0 bridgehead atoms. The van der Waals surface area contributed by atoms with Crippen LogP contribution in [0, 0.1) is 6.92 Å². The Bertz CT molecular complexity index is 306. The second-order valence-corrected chi connectivity index (χ2v) is 3.40. The molecule has 0 atom stereocenters. The van der Waals surface area contributed by atoms with Gasteiger partial charge >= 0.3 is 0 Å². The Morgan fingerprint density at radius 1 is 1.57 bits per heavy atom. The lowest BCUT2D eigenvalue weighted by Gasteiger charge is -2.19. The highest BCUT2D eigenvalue weighted by atomic mass is 35.5. The molecule has 0 saturated carbocycles.